The number of hydrogen-bond acceptors (Lipinski definition) is 4. The molecule has 0 radical (unpaired) electrons. The van der Waals surface area contributed by atoms with Gasteiger partial charge >= 0.3 is 0 Å². The van der Waals surface area contributed by atoms with Crippen LogP contribution in [0.1, 0.15) is 0 Å². The normalized spacial score (nSPS) is 10.3. The number of imidazole rings is 1. The Hall–Kier alpha value is -1.89. The van der Waals surface area contributed by atoms with Crippen molar-refractivity contribution >= 4 is 27.6 Å². The summed E-state index contributed by atoms with van der Waals surface area (Å²) in [6.45, 7) is 0. The average Bonchev–Trinajstić information content (AvgIpc) is 2.65. The van der Waals surface area contributed by atoms with Crippen LogP contribution < -0.4 is 5.73 Å². The molecule has 82 valence electrons. The van der Waals surface area contributed by atoms with Gasteiger partial charge in [0.1, 0.15) is 0 Å². The van der Waals surface area contributed by atoms with Gasteiger partial charge in [-0.2, -0.15) is 0 Å². The van der Waals surface area contributed by atoms with Gasteiger partial charge in [0.15, 0.2) is 5.95 Å². The molecule has 16 heavy (non-hydrogen) atoms. The predicted octanol–water partition coefficient (Wildman–Crippen LogP) is 2.33. The summed E-state index contributed by atoms with van der Waals surface area (Å²) in [4.78, 5) is 16.9. The minimum atomic E-state index is -0.451. The minimum Gasteiger partial charge on any atom is -0.369 e. The zero-order chi connectivity index (χ0) is 11.7. The molecule has 0 aliphatic heterocycles. The van der Waals surface area contributed by atoms with E-state index in [4.69, 9.17) is 5.73 Å². The number of benzene rings is 1. The lowest BCUT2D eigenvalue weighted by atomic mass is 10.1. The Labute approximate surface area is 98.8 Å². The Morgan fingerprint density at radius 3 is 2.81 bits per heavy atom. The molecule has 0 aliphatic carbocycles. The number of nitro benzene ring substituents is 1. The highest BCUT2D eigenvalue weighted by Gasteiger charge is 2.13. The summed E-state index contributed by atoms with van der Waals surface area (Å²) in [6.07, 6.45) is 1.53. The number of nitrogen functional groups attached to an aromatic ring is 1. The number of nitrogens with zero attached hydrogens (tertiary/aromatic N) is 2. The Morgan fingerprint density at radius 1 is 1.50 bits per heavy atom. The summed E-state index contributed by atoms with van der Waals surface area (Å²) in [5, 5.41) is 10.7. The lowest BCUT2D eigenvalue weighted by Gasteiger charge is -1.99. The van der Waals surface area contributed by atoms with Gasteiger partial charge in [-0.05, 0) is 22.0 Å². The Bertz CT molecular complexity index is 552. The van der Waals surface area contributed by atoms with Crippen molar-refractivity contribution in [1.82, 2.24) is 9.97 Å². The van der Waals surface area contributed by atoms with Gasteiger partial charge in [-0.25, -0.2) is 4.98 Å². The van der Waals surface area contributed by atoms with Crippen LogP contribution in [0.15, 0.2) is 28.9 Å². The third kappa shape index (κ3) is 1.89. The number of anilines is 1. The zero-order valence-corrected chi connectivity index (χ0v) is 9.56. The van der Waals surface area contributed by atoms with Crippen molar-refractivity contribution in [2.75, 3.05) is 5.73 Å². The maximum atomic E-state index is 10.7. The summed E-state index contributed by atoms with van der Waals surface area (Å²) in [7, 11) is 0. The molecule has 0 fully saturated rings. The third-order valence-corrected chi connectivity index (χ3v) is 2.72. The SMILES string of the molecule is Nc1ncc(-c2ccc(Br)c([N+](=O)[O-])c2)[nH]1. The summed E-state index contributed by atoms with van der Waals surface area (Å²) < 4.78 is 0.439. The van der Waals surface area contributed by atoms with Gasteiger partial charge in [0, 0.05) is 11.6 Å². The second-order valence-corrected chi connectivity index (χ2v) is 3.96. The number of aromatic amines is 1. The van der Waals surface area contributed by atoms with Gasteiger partial charge in [-0.15, -0.1) is 0 Å². The van der Waals surface area contributed by atoms with E-state index >= 15 is 0 Å². The number of nitrogens with two attached hydrogens (primary N) is 1. The second-order valence-electron chi connectivity index (χ2n) is 3.11. The smallest absolute Gasteiger partial charge is 0.284 e. The first-order valence-electron chi connectivity index (χ1n) is 4.32. The van der Waals surface area contributed by atoms with Crippen LogP contribution in [0.3, 0.4) is 0 Å². The van der Waals surface area contributed by atoms with Crippen LogP contribution in [0.4, 0.5) is 11.6 Å². The Morgan fingerprint density at radius 2 is 2.25 bits per heavy atom. The van der Waals surface area contributed by atoms with Gasteiger partial charge < -0.3 is 10.7 Å². The van der Waals surface area contributed by atoms with Crippen molar-refractivity contribution in [3.8, 4) is 11.3 Å². The van der Waals surface area contributed by atoms with Crippen LogP contribution in [0.5, 0.6) is 0 Å². The summed E-state index contributed by atoms with van der Waals surface area (Å²) in [5.41, 5.74) is 6.75. The first kappa shape index (κ1) is 10.6. The Balaban J connectivity index is 2.51. The molecule has 0 bridgehead atoms. The lowest BCUT2D eigenvalue weighted by Crippen LogP contribution is -1.90. The van der Waals surface area contributed by atoms with E-state index in [0.29, 0.717) is 15.7 Å². The zero-order valence-electron chi connectivity index (χ0n) is 7.98. The van der Waals surface area contributed by atoms with Gasteiger partial charge in [0.2, 0.25) is 0 Å². The highest BCUT2D eigenvalue weighted by molar-refractivity contribution is 9.10. The monoisotopic (exact) mass is 282 g/mol. The largest absolute Gasteiger partial charge is 0.369 e. The average molecular weight is 283 g/mol. The molecule has 1 aromatic carbocycles. The Kier molecular flexibility index (Phi) is 2.61. The highest BCUT2D eigenvalue weighted by Crippen LogP contribution is 2.29. The first-order chi connectivity index (χ1) is 7.58. The van der Waals surface area contributed by atoms with Crippen LogP contribution >= 0.6 is 15.9 Å². The minimum absolute atomic E-state index is 0.00525. The van der Waals surface area contributed by atoms with E-state index in [1.54, 1.807) is 12.1 Å². The van der Waals surface area contributed by atoms with Crippen LogP contribution in [0.2, 0.25) is 0 Å². The van der Waals surface area contributed by atoms with Crippen molar-refractivity contribution in [3.05, 3.63) is 39.0 Å². The molecule has 1 heterocycles. The molecule has 0 aliphatic rings. The molecule has 0 unspecified atom stereocenters. The number of rotatable bonds is 2. The maximum Gasteiger partial charge on any atom is 0.284 e. The van der Waals surface area contributed by atoms with E-state index in [1.165, 1.54) is 12.3 Å². The number of H-pyrrole nitrogens is 1. The van der Waals surface area contributed by atoms with Crippen molar-refractivity contribution in [1.29, 1.82) is 0 Å². The molecule has 0 spiro atoms. The summed E-state index contributed by atoms with van der Waals surface area (Å²) >= 11 is 3.12. The van der Waals surface area contributed by atoms with E-state index in [-0.39, 0.29) is 11.6 Å². The van der Waals surface area contributed by atoms with Gasteiger partial charge in [-0.3, -0.25) is 10.1 Å². The number of hydrogen-bond donors (Lipinski definition) is 2. The fraction of sp³-hybridized carbons (Fsp3) is 0. The summed E-state index contributed by atoms with van der Waals surface area (Å²) in [6, 6.07) is 4.81. The molecule has 2 rings (SSSR count). The molecule has 3 N–H and O–H groups in total. The van der Waals surface area contributed by atoms with Crippen LogP contribution in [-0.2, 0) is 0 Å². The van der Waals surface area contributed by atoms with E-state index in [1.807, 2.05) is 0 Å². The van der Waals surface area contributed by atoms with Crippen molar-refractivity contribution in [2.45, 2.75) is 0 Å². The van der Waals surface area contributed by atoms with Crippen LogP contribution in [0, 0.1) is 10.1 Å². The van der Waals surface area contributed by atoms with E-state index in [2.05, 4.69) is 25.9 Å². The fourth-order valence-corrected chi connectivity index (χ4v) is 1.69. The standard InChI is InChI=1S/C9H7BrN4O2/c10-6-2-1-5(3-8(6)14(15)16)7-4-12-9(11)13-7/h1-4H,(H3,11,12,13). The van der Waals surface area contributed by atoms with E-state index < -0.39 is 4.92 Å². The molecule has 6 nitrogen and oxygen atoms in total. The van der Waals surface area contributed by atoms with Crippen molar-refractivity contribution in [2.24, 2.45) is 0 Å². The van der Waals surface area contributed by atoms with Gasteiger partial charge in [0.05, 0.1) is 21.3 Å². The number of nitro groups is 1. The van der Waals surface area contributed by atoms with Gasteiger partial charge in [0.25, 0.3) is 5.69 Å². The molecule has 7 heteroatoms. The molecule has 2 aromatic rings. The molecule has 0 amide bonds. The van der Waals surface area contributed by atoms with Crippen LogP contribution in [0.25, 0.3) is 11.3 Å². The number of nitrogens with one attached hydrogen (secondary N) is 1. The number of halogens is 1. The lowest BCUT2D eigenvalue weighted by molar-refractivity contribution is -0.385. The first-order valence-corrected chi connectivity index (χ1v) is 5.12. The molecule has 1 aromatic heterocycles. The highest BCUT2D eigenvalue weighted by atomic mass is 79.9. The van der Waals surface area contributed by atoms with Crippen LogP contribution in [-0.4, -0.2) is 14.9 Å². The fourth-order valence-electron chi connectivity index (χ4n) is 1.30. The number of aromatic nitrogens is 2. The maximum absolute atomic E-state index is 10.7. The predicted molar refractivity (Wildman–Crippen MR) is 62.8 cm³/mol. The second kappa shape index (κ2) is 3.93. The van der Waals surface area contributed by atoms with E-state index in [9.17, 15) is 10.1 Å². The van der Waals surface area contributed by atoms with Gasteiger partial charge in [-0.1, -0.05) is 6.07 Å². The molecule has 0 saturated carbocycles. The molecule has 0 saturated heterocycles. The summed E-state index contributed by atoms with van der Waals surface area (Å²) in [5.74, 6) is 0.278. The molecular formula is C9H7BrN4O2. The molecule has 0 atom stereocenters. The molecular weight excluding hydrogens is 276 g/mol. The third-order valence-electron chi connectivity index (χ3n) is 2.05. The van der Waals surface area contributed by atoms with E-state index in [0.717, 1.165) is 0 Å². The van der Waals surface area contributed by atoms with Crippen molar-refractivity contribution < 1.29 is 4.92 Å². The quantitative estimate of drug-likeness (QED) is 0.652. The van der Waals surface area contributed by atoms with Crippen molar-refractivity contribution in [3.63, 3.8) is 0 Å². The topological polar surface area (TPSA) is 97.8 Å².